The van der Waals surface area contributed by atoms with E-state index in [4.69, 9.17) is 11.1 Å². The number of rotatable bonds is 3. The zero-order valence-corrected chi connectivity index (χ0v) is 7.30. The molecule has 0 bridgehead atoms. The van der Waals surface area contributed by atoms with E-state index in [-0.39, 0.29) is 5.96 Å². The van der Waals surface area contributed by atoms with E-state index in [1.165, 1.54) is 12.8 Å². The topological polar surface area (TPSA) is 53.1 Å². The minimum absolute atomic E-state index is 0.215. The summed E-state index contributed by atoms with van der Waals surface area (Å²) in [5, 5.41) is 7.31. The summed E-state index contributed by atoms with van der Waals surface area (Å²) < 4.78 is 0. The molecule has 0 aromatic rings. The Balaban J connectivity index is 2.37. The van der Waals surface area contributed by atoms with Gasteiger partial charge in [-0.2, -0.15) is 0 Å². The molecule has 0 atom stereocenters. The van der Waals surface area contributed by atoms with Gasteiger partial charge >= 0.3 is 0 Å². The van der Waals surface area contributed by atoms with Crippen molar-refractivity contribution in [3.05, 3.63) is 0 Å². The fourth-order valence-electron chi connectivity index (χ4n) is 1.17. The van der Waals surface area contributed by atoms with E-state index in [9.17, 15) is 0 Å². The Kier molecular flexibility index (Phi) is 2.37. The average Bonchev–Trinajstić information content (AvgIpc) is 2.63. The number of hydrogen-bond acceptors (Lipinski definition) is 1. The smallest absolute Gasteiger partial charge is 0.188 e. The SMILES string of the molecule is CC(C)N(CC1CC1)C(=N)N. The van der Waals surface area contributed by atoms with Crippen LogP contribution in [0.4, 0.5) is 0 Å². The molecule has 1 aliphatic rings. The number of nitrogens with zero attached hydrogens (tertiary/aromatic N) is 1. The van der Waals surface area contributed by atoms with Gasteiger partial charge in [-0.3, -0.25) is 5.41 Å². The van der Waals surface area contributed by atoms with Gasteiger partial charge in [0.25, 0.3) is 0 Å². The zero-order chi connectivity index (χ0) is 8.43. The van der Waals surface area contributed by atoms with E-state index in [1.807, 2.05) is 4.90 Å². The van der Waals surface area contributed by atoms with E-state index in [0.717, 1.165) is 12.5 Å². The van der Waals surface area contributed by atoms with Crippen molar-refractivity contribution in [1.29, 1.82) is 5.41 Å². The lowest BCUT2D eigenvalue weighted by Gasteiger charge is -2.26. The first kappa shape index (κ1) is 8.37. The normalized spacial score (nSPS) is 17.0. The Morgan fingerprint density at radius 3 is 2.45 bits per heavy atom. The van der Waals surface area contributed by atoms with Crippen LogP contribution in [0.15, 0.2) is 0 Å². The van der Waals surface area contributed by atoms with Crippen LogP contribution in [0, 0.1) is 11.3 Å². The highest BCUT2D eigenvalue weighted by Crippen LogP contribution is 2.29. The lowest BCUT2D eigenvalue weighted by atomic mass is 10.3. The van der Waals surface area contributed by atoms with Crippen molar-refractivity contribution in [2.24, 2.45) is 11.7 Å². The molecule has 0 heterocycles. The molecular weight excluding hydrogens is 138 g/mol. The van der Waals surface area contributed by atoms with Gasteiger partial charge in [-0.15, -0.1) is 0 Å². The standard InChI is InChI=1S/C8H17N3/c1-6(2)11(8(9)10)5-7-3-4-7/h6-7H,3-5H2,1-2H3,(H3,9,10). The minimum atomic E-state index is 0.215. The van der Waals surface area contributed by atoms with Crippen LogP contribution in [0.2, 0.25) is 0 Å². The van der Waals surface area contributed by atoms with Crippen LogP contribution in [0.5, 0.6) is 0 Å². The van der Waals surface area contributed by atoms with E-state index in [1.54, 1.807) is 0 Å². The summed E-state index contributed by atoms with van der Waals surface area (Å²) in [6.45, 7) is 5.13. The van der Waals surface area contributed by atoms with Gasteiger partial charge in [-0.25, -0.2) is 0 Å². The Bertz CT molecular complexity index is 149. The number of guanidine groups is 1. The Hall–Kier alpha value is -0.730. The lowest BCUT2D eigenvalue weighted by Crippen LogP contribution is -2.42. The molecule has 0 aliphatic heterocycles. The van der Waals surface area contributed by atoms with Crippen molar-refractivity contribution in [3.63, 3.8) is 0 Å². The summed E-state index contributed by atoms with van der Waals surface area (Å²) in [6, 6.07) is 0.369. The van der Waals surface area contributed by atoms with E-state index in [2.05, 4.69) is 13.8 Å². The molecular formula is C8H17N3. The van der Waals surface area contributed by atoms with E-state index < -0.39 is 0 Å². The molecule has 1 aliphatic carbocycles. The maximum Gasteiger partial charge on any atom is 0.188 e. The predicted molar refractivity (Wildman–Crippen MR) is 46.5 cm³/mol. The van der Waals surface area contributed by atoms with Crippen LogP contribution >= 0.6 is 0 Å². The summed E-state index contributed by atoms with van der Waals surface area (Å²) >= 11 is 0. The monoisotopic (exact) mass is 155 g/mol. The number of nitrogens with two attached hydrogens (primary N) is 1. The molecule has 3 N–H and O–H groups in total. The van der Waals surface area contributed by atoms with E-state index >= 15 is 0 Å². The molecule has 64 valence electrons. The van der Waals surface area contributed by atoms with Crippen LogP contribution in [0.1, 0.15) is 26.7 Å². The van der Waals surface area contributed by atoms with Gasteiger partial charge in [0.05, 0.1) is 0 Å². The van der Waals surface area contributed by atoms with Crippen molar-refractivity contribution in [3.8, 4) is 0 Å². The molecule has 11 heavy (non-hydrogen) atoms. The molecule has 0 amide bonds. The van der Waals surface area contributed by atoms with Crippen LogP contribution in [-0.2, 0) is 0 Å². The second-order valence-electron chi connectivity index (χ2n) is 3.57. The highest BCUT2D eigenvalue weighted by atomic mass is 15.2. The van der Waals surface area contributed by atoms with Crippen molar-refractivity contribution in [2.45, 2.75) is 32.7 Å². The molecule has 1 saturated carbocycles. The first-order valence-corrected chi connectivity index (χ1v) is 4.22. The van der Waals surface area contributed by atoms with Gasteiger partial charge in [-0.1, -0.05) is 0 Å². The number of nitrogens with one attached hydrogen (secondary N) is 1. The maximum absolute atomic E-state index is 7.31. The van der Waals surface area contributed by atoms with Crippen LogP contribution < -0.4 is 5.73 Å². The Morgan fingerprint density at radius 1 is 1.64 bits per heavy atom. The Labute approximate surface area is 68.1 Å². The van der Waals surface area contributed by atoms with Crippen molar-refractivity contribution in [1.82, 2.24) is 4.90 Å². The maximum atomic E-state index is 7.31. The molecule has 0 radical (unpaired) electrons. The van der Waals surface area contributed by atoms with E-state index in [0.29, 0.717) is 6.04 Å². The van der Waals surface area contributed by atoms with Crippen LogP contribution in [0.25, 0.3) is 0 Å². The minimum Gasteiger partial charge on any atom is -0.370 e. The Morgan fingerprint density at radius 2 is 2.18 bits per heavy atom. The zero-order valence-electron chi connectivity index (χ0n) is 7.30. The first-order valence-electron chi connectivity index (χ1n) is 4.22. The van der Waals surface area contributed by atoms with Gasteiger partial charge in [0.2, 0.25) is 0 Å². The molecule has 3 nitrogen and oxygen atoms in total. The third-order valence-corrected chi connectivity index (χ3v) is 2.08. The predicted octanol–water partition coefficient (Wildman–Crippen LogP) is 1.00. The van der Waals surface area contributed by atoms with Gasteiger partial charge in [0.15, 0.2) is 5.96 Å². The third-order valence-electron chi connectivity index (χ3n) is 2.08. The molecule has 0 saturated heterocycles. The fraction of sp³-hybridized carbons (Fsp3) is 0.875. The van der Waals surface area contributed by atoms with Crippen molar-refractivity contribution < 1.29 is 0 Å². The van der Waals surface area contributed by atoms with Crippen LogP contribution in [0.3, 0.4) is 0 Å². The third kappa shape index (κ3) is 2.41. The number of hydrogen-bond donors (Lipinski definition) is 2. The summed E-state index contributed by atoms with van der Waals surface area (Å²) in [5.41, 5.74) is 5.42. The van der Waals surface area contributed by atoms with Crippen LogP contribution in [-0.4, -0.2) is 23.4 Å². The molecule has 1 rings (SSSR count). The van der Waals surface area contributed by atoms with Crippen molar-refractivity contribution in [2.75, 3.05) is 6.54 Å². The second kappa shape index (κ2) is 3.11. The summed E-state index contributed by atoms with van der Waals surface area (Å²) in [4.78, 5) is 1.96. The van der Waals surface area contributed by atoms with Gasteiger partial charge in [0, 0.05) is 12.6 Å². The van der Waals surface area contributed by atoms with Gasteiger partial charge in [0.1, 0.15) is 0 Å². The average molecular weight is 155 g/mol. The molecule has 0 aromatic carbocycles. The molecule has 1 fully saturated rings. The summed E-state index contributed by atoms with van der Waals surface area (Å²) in [5.74, 6) is 1.02. The second-order valence-corrected chi connectivity index (χ2v) is 3.57. The summed E-state index contributed by atoms with van der Waals surface area (Å²) in [7, 11) is 0. The molecule has 0 aromatic heterocycles. The molecule has 3 heteroatoms. The highest BCUT2D eigenvalue weighted by Gasteiger charge is 2.25. The lowest BCUT2D eigenvalue weighted by molar-refractivity contribution is 0.330. The quantitative estimate of drug-likeness (QED) is 0.472. The van der Waals surface area contributed by atoms with Gasteiger partial charge in [-0.05, 0) is 32.6 Å². The first-order chi connectivity index (χ1) is 5.11. The van der Waals surface area contributed by atoms with Crippen molar-refractivity contribution >= 4 is 5.96 Å². The largest absolute Gasteiger partial charge is 0.370 e. The highest BCUT2D eigenvalue weighted by molar-refractivity contribution is 5.74. The van der Waals surface area contributed by atoms with Gasteiger partial charge < -0.3 is 10.6 Å². The molecule has 0 spiro atoms. The fourth-order valence-corrected chi connectivity index (χ4v) is 1.17. The molecule has 0 unspecified atom stereocenters. The summed E-state index contributed by atoms with van der Waals surface area (Å²) in [6.07, 6.45) is 2.63.